The van der Waals surface area contributed by atoms with Crippen molar-refractivity contribution in [2.45, 2.75) is 26.5 Å². The van der Waals surface area contributed by atoms with Crippen molar-refractivity contribution in [2.75, 3.05) is 5.32 Å². The molecule has 4 aromatic carbocycles. The Morgan fingerprint density at radius 1 is 0.933 bits per heavy atom. The second-order valence-electron chi connectivity index (χ2n) is 10.6. The minimum absolute atomic E-state index is 0.203. The normalized spacial score (nSPS) is 14.4. The van der Waals surface area contributed by atoms with Crippen LogP contribution < -0.4 is 24.9 Å². The molecule has 0 saturated heterocycles. The van der Waals surface area contributed by atoms with Crippen LogP contribution in [0.25, 0.3) is 6.08 Å². The molecule has 9 heteroatoms. The molecule has 2 heterocycles. The Morgan fingerprint density at radius 3 is 2.33 bits per heavy atom. The second-order valence-corrected chi connectivity index (χ2v) is 11.7. The standard InChI is InChI=1S/C36H29N3O5S/c1-22-12-16-25(17-13-22)32-31(33(40)38-28-9-4-3-5-10-28)23(2)37-36-39(32)34(41)30(45-36)20-27-8-6-7-11-29(27)44-21-24-14-18-26(19-15-24)35(42)43/h3-20,32H,21H2,1-2H3,(H,38,40)(H,42,43)/b30-20-/t32-/m0/s1. The topological polar surface area (TPSA) is 110 Å². The summed E-state index contributed by atoms with van der Waals surface area (Å²) in [6.07, 6.45) is 1.78. The number of hydrogen-bond acceptors (Lipinski definition) is 6. The first-order chi connectivity index (χ1) is 21.8. The molecule has 0 unspecified atom stereocenters. The molecule has 1 aliphatic heterocycles. The number of nitrogens with zero attached hydrogens (tertiary/aromatic N) is 2. The van der Waals surface area contributed by atoms with Crippen LogP contribution in [0.15, 0.2) is 124 Å². The molecule has 1 atom stereocenters. The number of aromatic nitrogens is 1. The van der Waals surface area contributed by atoms with Crippen LogP contribution in [0.5, 0.6) is 5.75 Å². The zero-order valence-electron chi connectivity index (χ0n) is 24.6. The highest BCUT2D eigenvalue weighted by atomic mass is 32.1. The number of carboxylic acids is 1. The maximum atomic E-state index is 14.1. The van der Waals surface area contributed by atoms with E-state index in [-0.39, 0.29) is 23.6 Å². The van der Waals surface area contributed by atoms with E-state index >= 15 is 0 Å². The predicted molar refractivity (Wildman–Crippen MR) is 174 cm³/mol. The van der Waals surface area contributed by atoms with Gasteiger partial charge in [0.2, 0.25) is 0 Å². The molecule has 0 spiro atoms. The summed E-state index contributed by atoms with van der Waals surface area (Å²) < 4.78 is 8.14. The van der Waals surface area contributed by atoms with Crippen molar-refractivity contribution in [1.29, 1.82) is 0 Å². The molecule has 1 amide bonds. The highest BCUT2D eigenvalue weighted by Crippen LogP contribution is 2.31. The van der Waals surface area contributed by atoms with Gasteiger partial charge in [-0.3, -0.25) is 14.2 Å². The van der Waals surface area contributed by atoms with E-state index < -0.39 is 12.0 Å². The highest BCUT2D eigenvalue weighted by Gasteiger charge is 2.32. The fourth-order valence-electron chi connectivity index (χ4n) is 5.17. The van der Waals surface area contributed by atoms with Gasteiger partial charge in [0.1, 0.15) is 12.4 Å². The Morgan fingerprint density at radius 2 is 1.62 bits per heavy atom. The smallest absolute Gasteiger partial charge is 0.335 e. The fourth-order valence-corrected chi connectivity index (χ4v) is 6.21. The van der Waals surface area contributed by atoms with Crippen LogP contribution in [0.4, 0.5) is 5.69 Å². The lowest BCUT2D eigenvalue weighted by molar-refractivity contribution is -0.113. The Balaban J connectivity index is 1.38. The third-order valence-corrected chi connectivity index (χ3v) is 8.47. The molecule has 2 N–H and O–H groups in total. The van der Waals surface area contributed by atoms with Gasteiger partial charge in [0, 0.05) is 11.3 Å². The Hall–Kier alpha value is -5.54. The Labute approximate surface area is 262 Å². The van der Waals surface area contributed by atoms with E-state index in [4.69, 9.17) is 14.8 Å². The van der Waals surface area contributed by atoms with E-state index in [1.165, 1.54) is 23.5 Å². The SMILES string of the molecule is CC1=C(C(=O)Nc2ccccc2)[C@H](c2ccc(C)cc2)n2c(s/c(=C\c3ccccc3OCc3ccc(C(=O)O)cc3)c2=O)=N1. The van der Waals surface area contributed by atoms with Gasteiger partial charge >= 0.3 is 5.97 Å². The van der Waals surface area contributed by atoms with Crippen LogP contribution >= 0.6 is 11.3 Å². The average Bonchev–Trinajstić information content (AvgIpc) is 3.34. The summed E-state index contributed by atoms with van der Waals surface area (Å²) in [6.45, 7) is 4.01. The molecule has 45 heavy (non-hydrogen) atoms. The van der Waals surface area contributed by atoms with Gasteiger partial charge in [0.25, 0.3) is 11.5 Å². The molecular weight excluding hydrogens is 586 g/mol. The van der Waals surface area contributed by atoms with Crippen molar-refractivity contribution < 1.29 is 19.4 Å². The monoisotopic (exact) mass is 615 g/mol. The van der Waals surface area contributed by atoms with Crippen molar-refractivity contribution >= 4 is 35.0 Å². The number of amides is 1. The van der Waals surface area contributed by atoms with Gasteiger partial charge in [0.15, 0.2) is 4.80 Å². The summed E-state index contributed by atoms with van der Waals surface area (Å²) in [5, 5.41) is 12.1. The van der Waals surface area contributed by atoms with Crippen molar-refractivity contribution in [1.82, 2.24) is 4.57 Å². The number of carbonyl (C=O) groups is 2. The minimum Gasteiger partial charge on any atom is -0.488 e. The third kappa shape index (κ3) is 6.25. The van der Waals surface area contributed by atoms with Gasteiger partial charge < -0.3 is 15.2 Å². The number of carbonyl (C=O) groups excluding carboxylic acids is 1. The Bertz CT molecular complexity index is 2110. The van der Waals surface area contributed by atoms with Crippen LogP contribution in [-0.4, -0.2) is 21.6 Å². The van der Waals surface area contributed by atoms with Gasteiger partial charge in [-0.05, 0) is 61.4 Å². The molecule has 6 rings (SSSR count). The van der Waals surface area contributed by atoms with Crippen LogP contribution in [-0.2, 0) is 11.4 Å². The number of ether oxygens (including phenoxy) is 1. The van der Waals surface area contributed by atoms with E-state index in [1.54, 1.807) is 29.7 Å². The number of fused-ring (bicyclic) bond motifs is 1. The van der Waals surface area contributed by atoms with Crippen molar-refractivity contribution in [3.8, 4) is 5.75 Å². The van der Waals surface area contributed by atoms with Crippen LogP contribution in [0.2, 0.25) is 0 Å². The van der Waals surface area contributed by atoms with Crippen molar-refractivity contribution in [3.63, 3.8) is 0 Å². The molecule has 0 radical (unpaired) electrons. The molecular formula is C36H29N3O5S. The number of anilines is 1. The zero-order valence-corrected chi connectivity index (χ0v) is 25.4. The molecule has 0 fully saturated rings. The van der Waals surface area contributed by atoms with Crippen LogP contribution in [0.3, 0.4) is 0 Å². The Kier molecular flexibility index (Phi) is 8.26. The third-order valence-electron chi connectivity index (χ3n) is 7.49. The quantitative estimate of drug-likeness (QED) is 0.241. The van der Waals surface area contributed by atoms with Crippen LogP contribution in [0, 0.1) is 6.92 Å². The van der Waals surface area contributed by atoms with Gasteiger partial charge in [-0.25, -0.2) is 9.79 Å². The number of para-hydroxylation sites is 2. The van der Waals surface area contributed by atoms with E-state index in [0.717, 1.165) is 16.7 Å². The first kappa shape index (κ1) is 29.5. The maximum Gasteiger partial charge on any atom is 0.335 e. The largest absolute Gasteiger partial charge is 0.488 e. The summed E-state index contributed by atoms with van der Waals surface area (Å²) >= 11 is 1.26. The van der Waals surface area contributed by atoms with Gasteiger partial charge in [-0.15, -0.1) is 0 Å². The summed E-state index contributed by atoms with van der Waals surface area (Å²) in [6, 6.07) is 30.2. The molecule has 1 aliphatic rings. The number of carboxylic acid groups (broad SMARTS) is 1. The minimum atomic E-state index is -0.988. The van der Waals surface area contributed by atoms with Gasteiger partial charge in [0.05, 0.1) is 27.4 Å². The number of thiazole rings is 1. The maximum absolute atomic E-state index is 14.1. The number of benzene rings is 4. The lowest BCUT2D eigenvalue weighted by atomic mass is 9.94. The van der Waals surface area contributed by atoms with Gasteiger partial charge in [-0.1, -0.05) is 89.7 Å². The average molecular weight is 616 g/mol. The summed E-state index contributed by atoms with van der Waals surface area (Å²) in [7, 11) is 0. The first-order valence-electron chi connectivity index (χ1n) is 14.3. The molecule has 0 bridgehead atoms. The number of hydrogen-bond donors (Lipinski definition) is 2. The number of allylic oxidation sites excluding steroid dienone is 1. The van der Waals surface area contributed by atoms with Crippen molar-refractivity contribution in [3.05, 3.63) is 162 Å². The second kappa shape index (κ2) is 12.6. The number of aromatic carboxylic acids is 1. The lowest BCUT2D eigenvalue weighted by Crippen LogP contribution is -2.40. The van der Waals surface area contributed by atoms with E-state index in [0.29, 0.717) is 37.6 Å². The summed E-state index contributed by atoms with van der Waals surface area (Å²) in [5.74, 6) is -0.740. The molecule has 5 aromatic rings. The van der Waals surface area contributed by atoms with E-state index in [9.17, 15) is 14.4 Å². The van der Waals surface area contributed by atoms with Crippen LogP contribution in [0.1, 0.15) is 45.6 Å². The summed E-state index contributed by atoms with van der Waals surface area (Å²) in [5.41, 5.74) is 4.92. The van der Waals surface area contributed by atoms with Gasteiger partial charge in [-0.2, -0.15) is 0 Å². The molecule has 0 saturated carbocycles. The predicted octanol–water partition coefficient (Wildman–Crippen LogP) is 5.46. The van der Waals surface area contributed by atoms with E-state index in [1.807, 2.05) is 85.8 Å². The number of aryl methyl sites for hydroxylation is 1. The highest BCUT2D eigenvalue weighted by molar-refractivity contribution is 7.07. The molecule has 0 aliphatic carbocycles. The lowest BCUT2D eigenvalue weighted by Gasteiger charge is -2.25. The molecule has 1 aromatic heterocycles. The zero-order chi connectivity index (χ0) is 31.5. The summed E-state index contributed by atoms with van der Waals surface area (Å²) in [4.78, 5) is 44.3. The van der Waals surface area contributed by atoms with Crippen molar-refractivity contribution in [2.24, 2.45) is 4.99 Å². The number of nitrogens with one attached hydrogen (secondary N) is 1. The molecule has 8 nitrogen and oxygen atoms in total. The first-order valence-corrected chi connectivity index (χ1v) is 15.1. The van der Waals surface area contributed by atoms with E-state index in [2.05, 4.69) is 5.32 Å². The fraction of sp³-hybridized carbons (Fsp3) is 0.111. The number of rotatable bonds is 8. The molecule has 224 valence electrons.